The fourth-order valence-electron chi connectivity index (χ4n) is 6.15. The van der Waals surface area contributed by atoms with Crippen molar-refractivity contribution in [1.29, 1.82) is 0 Å². The summed E-state index contributed by atoms with van der Waals surface area (Å²) in [5, 5.41) is 3.77. The molecule has 4 saturated carbocycles. The molecule has 0 heterocycles. The van der Waals surface area contributed by atoms with Gasteiger partial charge in [-0.15, -0.1) is 0 Å². The van der Waals surface area contributed by atoms with Crippen molar-refractivity contribution in [3.8, 4) is 0 Å². The van der Waals surface area contributed by atoms with Crippen molar-refractivity contribution in [3.63, 3.8) is 0 Å². The molecule has 5 rings (SSSR count). The summed E-state index contributed by atoms with van der Waals surface area (Å²) in [6.45, 7) is 3.43. The van der Waals surface area contributed by atoms with E-state index in [2.05, 4.69) is 42.6 Å². The number of benzene rings is 1. The van der Waals surface area contributed by atoms with Crippen molar-refractivity contribution < 1.29 is 0 Å². The molecule has 114 valence electrons. The number of nitrogens with one attached hydrogen (secondary N) is 1. The van der Waals surface area contributed by atoms with Crippen molar-refractivity contribution in [2.24, 2.45) is 23.2 Å². The zero-order valence-electron chi connectivity index (χ0n) is 13.4. The molecule has 0 radical (unpaired) electrons. The third kappa shape index (κ3) is 2.90. The maximum atomic E-state index is 3.77. The SMILES string of the molecule is CC(CC12CC3CC(CC(C3)C1)C2)NCc1ccccc1. The molecule has 0 aliphatic heterocycles. The van der Waals surface area contributed by atoms with E-state index in [0.717, 1.165) is 24.3 Å². The monoisotopic (exact) mass is 283 g/mol. The van der Waals surface area contributed by atoms with Crippen LogP contribution in [0.25, 0.3) is 0 Å². The van der Waals surface area contributed by atoms with Crippen LogP contribution in [0.2, 0.25) is 0 Å². The van der Waals surface area contributed by atoms with Crippen LogP contribution in [0, 0.1) is 23.2 Å². The van der Waals surface area contributed by atoms with Gasteiger partial charge in [-0.05, 0) is 80.6 Å². The first-order chi connectivity index (χ1) is 10.2. The average Bonchev–Trinajstić information content (AvgIpc) is 2.44. The molecule has 1 aromatic rings. The van der Waals surface area contributed by atoms with E-state index in [9.17, 15) is 0 Å². The minimum atomic E-state index is 0.654. The zero-order chi connectivity index (χ0) is 14.3. The molecular formula is C20H29N. The second-order valence-electron chi connectivity index (χ2n) is 8.39. The van der Waals surface area contributed by atoms with Crippen LogP contribution < -0.4 is 5.32 Å². The minimum Gasteiger partial charge on any atom is -0.310 e. The van der Waals surface area contributed by atoms with Crippen molar-refractivity contribution in [3.05, 3.63) is 35.9 Å². The van der Waals surface area contributed by atoms with Crippen LogP contribution in [0.15, 0.2) is 30.3 Å². The van der Waals surface area contributed by atoms with E-state index in [4.69, 9.17) is 0 Å². The molecule has 4 aliphatic carbocycles. The Bertz CT molecular complexity index is 443. The summed E-state index contributed by atoms with van der Waals surface area (Å²) in [7, 11) is 0. The largest absolute Gasteiger partial charge is 0.310 e. The summed E-state index contributed by atoms with van der Waals surface area (Å²) >= 11 is 0. The molecule has 4 fully saturated rings. The third-order valence-corrected chi connectivity index (χ3v) is 6.40. The first-order valence-electron chi connectivity index (χ1n) is 8.98. The summed E-state index contributed by atoms with van der Waals surface area (Å²) in [5.41, 5.74) is 2.12. The van der Waals surface area contributed by atoms with Crippen molar-refractivity contribution >= 4 is 0 Å². The van der Waals surface area contributed by atoms with Crippen LogP contribution in [0.5, 0.6) is 0 Å². The van der Waals surface area contributed by atoms with Crippen LogP contribution in [0.1, 0.15) is 57.4 Å². The Morgan fingerprint density at radius 1 is 1.00 bits per heavy atom. The quantitative estimate of drug-likeness (QED) is 0.820. The number of rotatable bonds is 5. The second kappa shape index (κ2) is 5.43. The Kier molecular flexibility index (Phi) is 3.57. The normalized spacial score (nSPS) is 38.6. The molecule has 0 saturated heterocycles. The Labute approximate surface area is 129 Å². The van der Waals surface area contributed by atoms with Gasteiger partial charge in [0.05, 0.1) is 0 Å². The molecule has 4 aliphatic rings. The minimum absolute atomic E-state index is 0.654. The van der Waals surface area contributed by atoms with Gasteiger partial charge in [-0.3, -0.25) is 0 Å². The third-order valence-electron chi connectivity index (χ3n) is 6.40. The lowest BCUT2D eigenvalue weighted by atomic mass is 9.48. The summed E-state index contributed by atoms with van der Waals surface area (Å²) in [5.74, 6) is 3.24. The van der Waals surface area contributed by atoms with Gasteiger partial charge in [-0.1, -0.05) is 30.3 Å². The van der Waals surface area contributed by atoms with Crippen LogP contribution in [0.3, 0.4) is 0 Å². The smallest absolute Gasteiger partial charge is 0.0207 e. The maximum absolute atomic E-state index is 3.77. The highest BCUT2D eigenvalue weighted by atomic mass is 14.9. The lowest BCUT2D eigenvalue weighted by Gasteiger charge is -2.57. The number of hydrogen-bond donors (Lipinski definition) is 1. The Hall–Kier alpha value is -0.820. The first kappa shape index (κ1) is 13.8. The highest BCUT2D eigenvalue weighted by Gasteiger charge is 2.50. The molecule has 0 aromatic heterocycles. The molecule has 0 amide bonds. The van der Waals surface area contributed by atoms with Gasteiger partial charge in [0.2, 0.25) is 0 Å². The summed E-state index contributed by atoms with van der Waals surface area (Å²) in [6.07, 6.45) is 10.7. The Morgan fingerprint density at radius 3 is 2.14 bits per heavy atom. The lowest BCUT2D eigenvalue weighted by Crippen LogP contribution is -2.48. The molecule has 1 aromatic carbocycles. The second-order valence-corrected chi connectivity index (χ2v) is 8.39. The molecule has 1 heteroatoms. The van der Waals surface area contributed by atoms with E-state index in [1.165, 1.54) is 31.2 Å². The fraction of sp³-hybridized carbons (Fsp3) is 0.700. The maximum Gasteiger partial charge on any atom is 0.0207 e. The van der Waals surface area contributed by atoms with E-state index in [0.29, 0.717) is 11.5 Å². The topological polar surface area (TPSA) is 12.0 Å². The standard InChI is InChI=1S/C20H29N/c1-15(21-14-16-5-3-2-4-6-16)10-20-11-17-7-18(12-20)9-19(8-17)13-20/h2-6,15,17-19,21H,7-14H2,1H3. The van der Waals surface area contributed by atoms with E-state index in [-0.39, 0.29) is 0 Å². The van der Waals surface area contributed by atoms with Gasteiger partial charge in [-0.25, -0.2) is 0 Å². The van der Waals surface area contributed by atoms with Gasteiger partial charge in [0.1, 0.15) is 0 Å². The zero-order valence-corrected chi connectivity index (χ0v) is 13.4. The summed E-state index contributed by atoms with van der Waals surface area (Å²) < 4.78 is 0. The summed E-state index contributed by atoms with van der Waals surface area (Å²) in [6, 6.07) is 11.5. The first-order valence-corrected chi connectivity index (χ1v) is 8.98. The molecule has 0 spiro atoms. The van der Waals surface area contributed by atoms with Crippen molar-refractivity contribution in [1.82, 2.24) is 5.32 Å². The van der Waals surface area contributed by atoms with E-state index in [1.807, 2.05) is 0 Å². The van der Waals surface area contributed by atoms with Crippen LogP contribution in [-0.2, 0) is 6.54 Å². The lowest BCUT2D eigenvalue weighted by molar-refractivity contribution is -0.0612. The molecule has 1 atom stereocenters. The predicted molar refractivity (Wildman–Crippen MR) is 88.0 cm³/mol. The molecule has 1 unspecified atom stereocenters. The van der Waals surface area contributed by atoms with Gasteiger partial charge in [0, 0.05) is 12.6 Å². The van der Waals surface area contributed by atoms with Gasteiger partial charge >= 0.3 is 0 Å². The average molecular weight is 283 g/mol. The molecule has 4 bridgehead atoms. The summed E-state index contributed by atoms with van der Waals surface area (Å²) in [4.78, 5) is 0. The highest BCUT2D eigenvalue weighted by molar-refractivity contribution is 5.14. The fourth-order valence-corrected chi connectivity index (χ4v) is 6.15. The molecular weight excluding hydrogens is 254 g/mol. The van der Waals surface area contributed by atoms with Gasteiger partial charge in [0.15, 0.2) is 0 Å². The van der Waals surface area contributed by atoms with Gasteiger partial charge < -0.3 is 5.32 Å². The van der Waals surface area contributed by atoms with Crippen LogP contribution in [0.4, 0.5) is 0 Å². The predicted octanol–water partition coefficient (Wildman–Crippen LogP) is 4.77. The van der Waals surface area contributed by atoms with E-state index < -0.39 is 0 Å². The molecule has 1 N–H and O–H groups in total. The number of hydrogen-bond acceptors (Lipinski definition) is 1. The van der Waals surface area contributed by atoms with Gasteiger partial charge in [-0.2, -0.15) is 0 Å². The van der Waals surface area contributed by atoms with Crippen LogP contribution >= 0.6 is 0 Å². The van der Waals surface area contributed by atoms with Crippen molar-refractivity contribution in [2.45, 2.75) is 64.5 Å². The van der Waals surface area contributed by atoms with Gasteiger partial charge in [0.25, 0.3) is 0 Å². The van der Waals surface area contributed by atoms with E-state index >= 15 is 0 Å². The Morgan fingerprint density at radius 2 is 1.57 bits per heavy atom. The highest BCUT2D eigenvalue weighted by Crippen LogP contribution is 2.61. The molecule has 1 nitrogen and oxygen atoms in total. The van der Waals surface area contributed by atoms with E-state index in [1.54, 1.807) is 19.3 Å². The Balaban J connectivity index is 1.35. The van der Waals surface area contributed by atoms with Crippen molar-refractivity contribution in [2.75, 3.05) is 0 Å². The molecule has 21 heavy (non-hydrogen) atoms. The van der Waals surface area contributed by atoms with Crippen LogP contribution in [-0.4, -0.2) is 6.04 Å².